The van der Waals surface area contributed by atoms with E-state index in [1.165, 1.54) is 0 Å². The van der Waals surface area contributed by atoms with Crippen molar-refractivity contribution in [3.63, 3.8) is 0 Å². The fourth-order valence-electron chi connectivity index (χ4n) is 5.33. The quantitative estimate of drug-likeness (QED) is 0.380. The number of carboxylic acid groups (broad SMARTS) is 2. The van der Waals surface area contributed by atoms with Gasteiger partial charge in [0.2, 0.25) is 0 Å². The number of carboxylic acids is 2. The van der Waals surface area contributed by atoms with Crippen LogP contribution in [0.1, 0.15) is 17.1 Å². The van der Waals surface area contributed by atoms with Gasteiger partial charge in [0, 0.05) is 71.1 Å². The molecule has 3 aliphatic heterocycles. The lowest BCUT2D eigenvalue weighted by Crippen LogP contribution is -2.47. The molecule has 6 bridgehead atoms. The maximum atomic E-state index is 11.7. The number of aromatic nitrogens is 5. The fraction of sp³-hybridized carbons (Fsp3) is 0.481. The first-order valence-corrected chi connectivity index (χ1v) is 13.7. The molecule has 0 aliphatic carbocycles. The molecule has 0 atom stereocenters. The van der Waals surface area contributed by atoms with Crippen molar-refractivity contribution < 1.29 is 19.8 Å². The van der Waals surface area contributed by atoms with Gasteiger partial charge < -0.3 is 15.9 Å². The smallest absolute Gasteiger partial charge is 0.317 e. The van der Waals surface area contributed by atoms with Crippen molar-refractivity contribution in [1.29, 1.82) is 0 Å². The number of anilines is 1. The predicted octanol–water partition coefficient (Wildman–Crippen LogP) is -0.230. The van der Waals surface area contributed by atoms with Crippen LogP contribution >= 0.6 is 0 Å². The van der Waals surface area contributed by atoms with Crippen LogP contribution in [0, 0.1) is 0 Å². The van der Waals surface area contributed by atoms with Gasteiger partial charge in [-0.1, -0.05) is 11.3 Å². The Kier molecular flexibility index (Phi) is 9.14. The molecule has 0 radical (unpaired) electrons. The van der Waals surface area contributed by atoms with Crippen LogP contribution in [0.2, 0.25) is 0 Å². The minimum absolute atomic E-state index is 0.0573. The number of nitrogens with zero attached hydrogens (tertiary/aromatic N) is 9. The summed E-state index contributed by atoms with van der Waals surface area (Å²) in [6.45, 7) is 5.87. The van der Waals surface area contributed by atoms with E-state index in [1.54, 1.807) is 10.9 Å². The van der Waals surface area contributed by atoms with E-state index >= 15 is 0 Å². The summed E-state index contributed by atoms with van der Waals surface area (Å²) < 4.78 is 1.77. The third-order valence-electron chi connectivity index (χ3n) is 7.37. The Bertz CT molecular complexity index is 1330. The third kappa shape index (κ3) is 8.04. The summed E-state index contributed by atoms with van der Waals surface area (Å²) in [6, 6.07) is 9.48. The average molecular weight is 565 g/mol. The summed E-state index contributed by atoms with van der Waals surface area (Å²) in [4.78, 5) is 41.5. The van der Waals surface area contributed by atoms with Crippen LogP contribution < -0.4 is 5.73 Å². The third-order valence-corrected chi connectivity index (χ3v) is 7.37. The molecule has 1 fully saturated rings. The molecule has 0 unspecified atom stereocenters. The Hall–Kier alpha value is -3.98. The molecule has 41 heavy (non-hydrogen) atoms. The van der Waals surface area contributed by atoms with Crippen molar-refractivity contribution in [3.05, 3.63) is 53.6 Å². The van der Waals surface area contributed by atoms with E-state index in [0.29, 0.717) is 77.7 Å². The van der Waals surface area contributed by atoms with Gasteiger partial charge in [-0.3, -0.25) is 34.2 Å². The predicted molar refractivity (Wildman–Crippen MR) is 150 cm³/mol. The van der Waals surface area contributed by atoms with Gasteiger partial charge in [-0.15, -0.1) is 5.10 Å². The zero-order valence-corrected chi connectivity index (χ0v) is 23.0. The number of aliphatic carboxylic acids is 2. The zero-order valence-electron chi connectivity index (χ0n) is 23.0. The van der Waals surface area contributed by atoms with Crippen molar-refractivity contribution in [3.8, 4) is 11.4 Å². The second kappa shape index (κ2) is 13.1. The van der Waals surface area contributed by atoms with Crippen molar-refractivity contribution in [2.45, 2.75) is 19.6 Å². The Morgan fingerprint density at radius 3 is 1.90 bits per heavy atom. The highest BCUT2D eigenvalue weighted by atomic mass is 16.4. The van der Waals surface area contributed by atoms with E-state index in [2.05, 4.69) is 20.1 Å². The molecular weight excluding hydrogens is 528 g/mol. The van der Waals surface area contributed by atoms with Gasteiger partial charge >= 0.3 is 11.9 Å². The molecule has 0 saturated carbocycles. The van der Waals surface area contributed by atoms with E-state index in [9.17, 15) is 19.8 Å². The second-order valence-electron chi connectivity index (χ2n) is 10.6. The maximum Gasteiger partial charge on any atom is 0.317 e. The van der Waals surface area contributed by atoms with E-state index in [0.717, 1.165) is 28.5 Å². The van der Waals surface area contributed by atoms with E-state index in [4.69, 9.17) is 15.7 Å². The van der Waals surface area contributed by atoms with Gasteiger partial charge in [0.1, 0.15) is 5.69 Å². The van der Waals surface area contributed by atoms with Gasteiger partial charge in [-0.2, -0.15) is 0 Å². The molecule has 6 heterocycles. The van der Waals surface area contributed by atoms with E-state index in [-0.39, 0.29) is 13.1 Å². The first-order chi connectivity index (χ1) is 19.8. The number of fused-ring (bicyclic) bond motifs is 8. The highest BCUT2D eigenvalue weighted by molar-refractivity contribution is 5.69. The Balaban J connectivity index is 1.56. The Morgan fingerprint density at radius 2 is 1.32 bits per heavy atom. The lowest BCUT2D eigenvalue weighted by Gasteiger charge is -2.33. The SMILES string of the molecule is Nc1cc2nc(c1)Cn1nncc1-c1cccc(n1)CN1CCN(CC(=O)O)CCN(CCN(CC(=O)O)CC1)C2. The largest absolute Gasteiger partial charge is 0.480 e. The first kappa shape index (κ1) is 28.5. The van der Waals surface area contributed by atoms with E-state index < -0.39 is 11.9 Å². The molecule has 14 nitrogen and oxygen atoms in total. The number of rotatable bonds is 4. The number of hydrogen-bond acceptors (Lipinski definition) is 11. The van der Waals surface area contributed by atoms with Crippen molar-refractivity contribution >= 4 is 17.6 Å². The van der Waals surface area contributed by atoms with Crippen molar-refractivity contribution in [1.82, 2.24) is 44.6 Å². The summed E-state index contributed by atoms with van der Waals surface area (Å²) in [5.74, 6) is -1.74. The zero-order chi connectivity index (χ0) is 28.8. The van der Waals surface area contributed by atoms with Crippen molar-refractivity contribution in [2.75, 3.05) is 71.2 Å². The summed E-state index contributed by atoms with van der Waals surface area (Å²) in [5.41, 5.74) is 10.7. The van der Waals surface area contributed by atoms with Gasteiger partial charge in [-0.25, -0.2) is 9.67 Å². The molecule has 1 saturated heterocycles. The number of pyridine rings is 2. The summed E-state index contributed by atoms with van der Waals surface area (Å²) in [7, 11) is 0. The molecule has 4 N–H and O–H groups in total. The fourth-order valence-corrected chi connectivity index (χ4v) is 5.33. The molecular formula is C27H36N10O4. The monoisotopic (exact) mass is 564 g/mol. The standard InChI is InChI=1S/C27H36N10O4/c28-20-12-22-16-34-6-10-35(18-26(38)39)8-4-33(5-9-36(11-7-34)19-27(40)41)15-21-2-1-3-24(31-21)25-14-29-32-37(25)17-23(13-20)30-22/h1-3,12-14H,4-11,15-19H2,(H2,28,30)(H,38,39)(H,40,41). The van der Waals surface area contributed by atoms with Crippen LogP contribution in [0.3, 0.4) is 0 Å². The molecule has 3 aromatic heterocycles. The maximum absolute atomic E-state index is 11.7. The van der Waals surface area contributed by atoms with Crippen LogP contribution in [-0.2, 0) is 29.2 Å². The molecule has 0 amide bonds. The minimum Gasteiger partial charge on any atom is -0.480 e. The molecule has 3 aliphatic rings. The molecule has 218 valence electrons. The summed E-state index contributed by atoms with van der Waals surface area (Å²) >= 11 is 0. The van der Waals surface area contributed by atoms with Crippen LogP contribution in [0.15, 0.2) is 36.5 Å². The highest BCUT2D eigenvalue weighted by Gasteiger charge is 2.21. The average Bonchev–Trinajstić information content (AvgIpc) is 3.37. The van der Waals surface area contributed by atoms with Gasteiger partial charge in [0.25, 0.3) is 0 Å². The Morgan fingerprint density at radius 1 is 0.756 bits per heavy atom. The lowest BCUT2D eigenvalue weighted by molar-refractivity contribution is -0.139. The second-order valence-corrected chi connectivity index (χ2v) is 10.6. The Labute approximate surface area is 238 Å². The number of nitrogens with two attached hydrogens (primary N) is 1. The molecule has 0 aromatic carbocycles. The topological polar surface area (TPSA) is 170 Å². The highest BCUT2D eigenvalue weighted by Crippen LogP contribution is 2.19. The summed E-state index contributed by atoms with van der Waals surface area (Å²) in [5, 5.41) is 27.6. The summed E-state index contributed by atoms with van der Waals surface area (Å²) in [6.07, 6.45) is 1.68. The van der Waals surface area contributed by atoms with Crippen LogP contribution in [-0.4, -0.2) is 132 Å². The molecule has 14 heteroatoms. The molecule has 6 rings (SSSR count). The number of hydrogen-bond donors (Lipinski definition) is 3. The molecule has 3 aromatic rings. The van der Waals surface area contributed by atoms with E-state index in [1.807, 2.05) is 40.1 Å². The number of carbonyl (C=O) groups is 2. The number of nitrogen functional groups attached to an aromatic ring is 1. The van der Waals surface area contributed by atoms with Gasteiger partial charge in [-0.05, 0) is 24.3 Å². The van der Waals surface area contributed by atoms with Gasteiger partial charge in [0.15, 0.2) is 0 Å². The van der Waals surface area contributed by atoms with Crippen LogP contribution in [0.4, 0.5) is 5.69 Å². The first-order valence-electron chi connectivity index (χ1n) is 13.7. The van der Waals surface area contributed by atoms with Crippen LogP contribution in [0.25, 0.3) is 11.4 Å². The molecule has 0 spiro atoms. The van der Waals surface area contributed by atoms with Crippen LogP contribution in [0.5, 0.6) is 0 Å². The normalized spacial score (nSPS) is 21.1. The minimum atomic E-state index is -0.869. The van der Waals surface area contributed by atoms with Gasteiger partial charge in [0.05, 0.1) is 48.6 Å². The van der Waals surface area contributed by atoms with Crippen molar-refractivity contribution in [2.24, 2.45) is 0 Å². The lowest BCUT2D eigenvalue weighted by atomic mass is 10.2.